The molecule has 0 aliphatic heterocycles. The fourth-order valence-electron chi connectivity index (χ4n) is 0.814. The number of halogens is 2. The smallest absolute Gasteiger partial charge is 0.295 e. The van der Waals surface area contributed by atoms with Crippen molar-refractivity contribution in [2.24, 2.45) is 0 Å². The second kappa shape index (κ2) is 6.23. The summed E-state index contributed by atoms with van der Waals surface area (Å²) in [5, 5.41) is 34.5. The summed E-state index contributed by atoms with van der Waals surface area (Å²) in [4.78, 5) is 0. The van der Waals surface area contributed by atoms with Crippen LogP contribution in [0.2, 0.25) is 0 Å². The fourth-order valence-corrected chi connectivity index (χ4v) is 0.814. The third-order valence-electron chi connectivity index (χ3n) is 1.75. The molecule has 2 unspecified atom stereocenters. The van der Waals surface area contributed by atoms with Gasteiger partial charge in [-0.05, 0) is 19.3 Å². The minimum absolute atomic E-state index is 0.0391. The van der Waals surface area contributed by atoms with Crippen molar-refractivity contribution in [3.8, 4) is 0 Å². The number of alkyl halides is 2. The molecule has 0 aliphatic carbocycles. The first kappa shape index (κ1) is 13.7. The van der Waals surface area contributed by atoms with Crippen molar-refractivity contribution < 1.29 is 29.2 Å². The van der Waals surface area contributed by atoms with Crippen molar-refractivity contribution in [2.45, 2.75) is 31.0 Å². The van der Waals surface area contributed by atoms with Gasteiger partial charge in [0.1, 0.15) is 12.7 Å². The Bertz CT molecular complexity index is 154. The molecule has 0 rings (SSSR count). The molecule has 4 nitrogen and oxygen atoms in total. The minimum Gasteiger partial charge on any atom is -0.396 e. The third-order valence-corrected chi connectivity index (χ3v) is 1.75. The van der Waals surface area contributed by atoms with Crippen LogP contribution in [0.5, 0.6) is 0 Å². The SMILES string of the molecule is OCCC(O)[CH]CC(O)C(F)(F)CO. The lowest BCUT2D eigenvalue weighted by atomic mass is 10.0. The molecule has 0 aromatic rings. The van der Waals surface area contributed by atoms with E-state index in [1.165, 1.54) is 0 Å². The Labute approximate surface area is 80.8 Å². The average molecular weight is 213 g/mol. The molecule has 0 amide bonds. The molecule has 4 N–H and O–H groups in total. The lowest BCUT2D eigenvalue weighted by molar-refractivity contribution is -0.136. The number of aliphatic hydroxyl groups excluding tert-OH is 4. The Kier molecular flexibility index (Phi) is 6.10. The lowest BCUT2D eigenvalue weighted by Gasteiger charge is -2.20. The molecule has 0 aliphatic rings. The van der Waals surface area contributed by atoms with Gasteiger partial charge in [0.15, 0.2) is 0 Å². The van der Waals surface area contributed by atoms with Crippen LogP contribution in [0, 0.1) is 6.42 Å². The average Bonchev–Trinajstić information content (AvgIpc) is 2.14. The summed E-state index contributed by atoms with van der Waals surface area (Å²) in [6.07, 6.45) is -2.36. The van der Waals surface area contributed by atoms with Gasteiger partial charge in [-0.2, -0.15) is 0 Å². The third kappa shape index (κ3) is 4.80. The molecular weight excluding hydrogens is 198 g/mol. The van der Waals surface area contributed by atoms with Gasteiger partial charge in [-0.3, -0.25) is 0 Å². The zero-order chi connectivity index (χ0) is 11.2. The van der Waals surface area contributed by atoms with Gasteiger partial charge in [0, 0.05) is 6.61 Å². The summed E-state index contributed by atoms with van der Waals surface area (Å²) < 4.78 is 25.1. The van der Waals surface area contributed by atoms with Gasteiger partial charge < -0.3 is 20.4 Å². The van der Waals surface area contributed by atoms with Crippen molar-refractivity contribution in [3.05, 3.63) is 6.42 Å². The highest BCUT2D eigenvalue weighted by Crippen LogP contribution is 2.21. The van der Waals surface area contributed by atoms with Crippen LogP contribution in [0.15, 0.2) is 0 Å². The molecular formula is C8H15F2O4. The van der Waals surface area contributed by atoms with Crippen LogP contribution in [0.4, 0.5) is 8.78 Å². The summed E-state index contributed by atoms with van der Waals surface area (Å²) in [6, 6.07) is 0. The van der Waals surface area contributed by atoms with Crippen LogP contribution >= 0.6 is 0 Å². The van der Waals surface area contributed by atoms with E-state index in [-0.39, 0.29) is 13.0 Å². The largest absolute Gasteiger partial charge is 0.396 e. The Morgan fingerprint density at radius 1 is 1.21 bits per heavy atom. The summed E-state index contributed by atoms with van der Waals surface area (Å²) in [6.45, 7) is -1.69. The molecule has 0 heterocycles. The van der Waals surface area contributed by atoms with Gasteiger partial charge in [0.2, 0.25) is 0 Å². The van der Waals surface area contributed by atoms with E-state index >= 15 is 0 Å². The zero-order valence-electron chi connectivity index (χ0n) is 7.61. The van der Waals surface area contributed by atoms with E-state index in [0.717, 1.165) is 6.42 Å². The standard InChI is InChI=1S/C8H15F2O4/c9-8(10,5-12)7(14)2-1-6(13)3-4-11/h1,6-7,11-14H,2-5H2. The van der Waals surface area contributed by atoms with Crippen molar-refractivity contribution in [3.63, 3.8) is 0 Å². The van der Waals surface area contributed by atoms with E-state index in [9.17, 15) is 8.78 Å². The summed E-state index contributed by atoms with van der Waals surface area (Å²) >= 11 is 0. The number of hydrogen-bond acceptors (Lipinski definition) is 4. The van der Waals surface area contributed by atoms with E-state index in [4.69, 9.17) is 20.4 Å². The molecule has 2 atom stereocenters. The molecule has 0 spiro atoms. The Hall–Kier alpha value is -0.300. The van der Waals surface area contributed by atoms with Crippen molar-refractivity contribution in [1.29, 1.82) is 0 Å². The first-order valence-corrected chi connectivity index (χ1v) is 4.23. The predicted molar refractivity (Wildman–Crippen MR) is 44.7 cm³/mol. The molecule has 0 bridgehead atoms. The van der Waals surface area contributed by atoms with Gasteiger partial charge in [0.25, 0.3) is 5.92 Å². The second-order valence-corrected chi connectivity index (χ2v) is 2.99. The summed E-state index contributed by atoms with van der Waals surface area (Å²) in [5.74, 6) is -3.56. The first-order chi connectivity index (χ1) is 6.44. The molecule has 0 fully saturated rings. The molecule has 14 heavy (non-hydrogen) atoms. The highest BCUT2D eigenvalue weighted by molar-refractivity contribution is 4.85. The van der Waals surface area contributed by atoms with E-state index in [2.05, 4.69) is 0 Å². The number of aliphatic hydroxyl groups is 4. The Morgan fingerprint density at radius 2 is 1.79 bits per heavy atom. The summed E-state index contributed by atoms with van der Waals surface area (Å²) in [5.41, 5.74) is 0. The van der Waals surface area contributed by atoms with Crippen LogP contribution < -0.4 is 0 Å². The van der Waals surface area contributed by atoms with E-state index in [1.807, 2.05) is 0 Å². The molecule has 6 heteroatoms. The molecule has 0 aromatic heterocycles. The molecule has 0 saturated carbocycles. The predicted octanol–water partition coefficient (Wildman–Crippen LogP) is -0.687. The molecule has 85 valence electrons. The molecule has 1 radical (unpaired) electrons. The van der Waals surface area contributed by atoms with Crippen molar-refractivity contribution in [1.82, 2.24) is 0 Å². The normalized spacial score (nSPS) is 16.7. The van der Waals surface area contributed by atoms with Gasteiger partial charge in [0.05, 0.1) is 6.10 Å². The Morgan fingerprint density at radius 3 is 2.21 bits per heavy atom. The van der Waals surface area contributed by atoms with Crippen molar-refractivity contribution >= 4 is 0 Å². The maximum Gasteiger partial charge on any atom is 0.295 e. The van der Waals surface area contributed by atoms with E-state index in [1.54, 1.807) is 0 Å². The van der Waals surface area contributed by atoms with Gasteiger partial charge in [-0.1, -0.05) is 0 Å². The van der Waals surface area contributed by atoms with Crippen LogP contribution in [-0.2, 0) is 0 Å². The minimum atomic E-state index is -3.56. The topological polar surface area (TPSA) is 80.9 Å². The van der Waals surface area contributed by atoms with Gasteiger partial charge >= 0.3 is 0 Å². The van der Waals surface area contributed by atoms with Crippen LogP contribution in [0.3, 0.4) is 0 Å². The van der Waals surface area contributed by atoms with Crippen molar-refractivity contribution in [2.75, 3.05) is 13.2 Å². The Balaban J connectivity index is 3.78. The van der Waals surface area contributed by atoms with Crippen LogP contribution in [0.25, 0.3) is 0 Å². The zero-order valence-corrected chi connectivity index (χ0v) is 7.61. The second-order valence-electron chi connectivity index (χ2n) is 2.99. The number of rotatable bonds is 7. The van der Waals surface area contributed by atoms with Gasteiger partial charge in [-0.15, -0.1) is 0 Å². The van der Waals surface area contributed by atoms with Gasteiger partial charge in [-0.25, -0.2) is 8.78 Å². The fraction of sp³-hybridized carbons (Fsp3) is 0.875. The van der Waals surface area contributed by atoms with Crippen LogP contribution in [-0.4, -0.2) is 51.8 Å². The highest BCUT2D eigenvalue weighted by Gasteiger charge is 2.37. The van der Waals surface area contributed by atoms with Crippen LogP contribution in [0.1, 0.15) is 12.8 Å². The number of hydrogen-bond donors (Lipinski definition) is 4. The summed E-state index contributed by atoms with van der Waals surface area (Å²) in [7, 11) is 0. The molecule has 0 aromatic carbocycles. The quantitative estimate of drug-likeness (QED) is 0.451. The highest BCUT2D eigenvalue weighted by atomic mass is 19.3. The van der Waals surface area contributed by atoms with E-state index < -0.39 is 31.2 Å². The molecule has 0 saturated heterocycles. The monoisotopic (exact) mass is 213 g/mol. The maximum absolute atomic E-state index is 12.5. The van der Waals surface area contributed by atoms with E-state index in [0.29, 0.717) is 0 Å². The maximum atomic E-state index is 12.5. The first-order valence-electron chi connectivity index (χ1n) is 4.23. The lowest BCUT2D eigenvalue weighted by Crippen LogP contribution is -2.37.